The van der Waals surface area contributed by atoms with Crippen molar-refractivity contribution < 1.29 is 27.6 Å². The van der Waals surface area contributed by atoms with Crippen LogP contribution in [0.25, 0.3) is 0 Å². The van der Waals surface area contributed by atoms with E-state index in [1.165, 1.54) is 37.6 Å². The smallest absolute Gasteiger partial charge is 0.295 e. The number of benzene rings is 3. The van der Waals surface area contributed by atoms with E-state index in [1.807, 2.05) is 0 Å². The highest BCUT2D eigenvalue weighted by Crippen LogP contribution is 2.32. The van der Waals surface area contributed by atoms with E-state index in [0.717, 1.165) is 6.07 Å². The van der Waals surface area contributed by atoms with E-state index in [1.54, 1.807) is 30.3 Å². The summed E-state index contributed by atoms with van der Waals surface area (Å²) >= 11 is 0. The Kier molecular flexibility index (Phi) is 6.00. The number of anilines is 2. The lowest BCUT2D eigenvalue weighted by molar-refractivity contribution is -0.384. The number of methoxy groups -OCH3 is 1. The summed E-state index contributed by atoms with van der Waals surface area (Å²) in [4.78, 5) is 10.6. The van der Waals surface area contributed by atoms with Crippen LogP contribution in [-0.4, -0.2) is 33.5 Å². The standard InChI is InChI=1S/C21H18N4O7S/c1-30-16-5-3-15(4-6-16)24-33(28,29)17-7-8-18(19(11-17)25(26)27)23-22-12-14-2-9-20-21(10-14)32-13-31-20/h2-12,23-24H,13H2,1H3. The third-order valence-corrected chi connectivity index (χ3v) is 5.99. The van der Waals surface area contributed by atoms with Crippen molar-refractivity contribution in [2.24, 2.45) is 5.10 Å². The van der Waals surface area contributed by atoms with Crippen LogP contribution in [0.4, 0.5) is 17.1 Å². The Bertz CT molecular complexity index is 1320. The van der Waals surface area contributed by atoms with Crippen LogP contribution in [0, 0.1) is 10.1 Å². The average molecular weight is 470 g/mol. The second-order valence-corrected chi connectivity index (χ2v) is 8.44. The maximum atomic E-state index is 12.7. The number of nitro groups is 1. The molecule has 4 rings (SSSR count). The third kappa shape index (κ3) is 4.96. The van der Waals surface area contributed by atoms with Crippen LogP contribution in [0.15, 0.2) is 70.7 Å². The van der Waals surface area contributed by atoms with Gasteiger partial charge in [0, 0.05) is 11.8 Å². The van der Waals surface area contributed by atoms with Gasteiger partial charge in [-0.2, -0.15) is 5.10 Å². The fourth-order valence-electron chi connectivity index (χ4n) is 2.97. The molecule has 0 saturated carbocycles. The fraction of sp³-hybridized carbons (Fsp3) is 0.0952. The predicted octanol–water partition coefficient (Wildman–Crippen LogP) is 3.58. The predicted molar refractivity (Wildman–Crippen MR) is 121 cm³/mol. The van der Waals surface area contributed by atoms with Gasteiger partial charge in [0.2, 0.25) is 6.79 Å². The summed E-state index contributed by atoms with van der Waals surface area (Å²) in [6.45, 7) is 0.142. The van der Waals surface area contributed by atoms with Crippen molar-refractivity contribution in [1.29, 1.82) is 0 Å². The number of rotatable bonds is 8. The minimum absolute atomic E-state index is 0.0281. The molecule has 12 heteroatoms. The molecule has 3 aromatic rings. The van der Waals surface area contributed by atoms with E-state index in [-0.39, 0.29) is 23.1 Å². The molecular formula is C21H18N4O7S. The number of nitro benzene ring substituents is 1. The van der Waals surface area contributed by atoms with Crippen LogP contribution in [-0.2, 0) is 10.0 Å². The molecule has 0 amide bonds. The van der Waals surface area contributed by atoms with Gasteiger partial charge in [-0.15, -0.1) is 0 Å². The van der Waals surface area contributed by atoms with E-state index >= 15 is 0 Å². The molecule has 1 heterocycles. The Hall–Kier alpha value is -4.32. The summed E-state index contributed by atoms with van der Waals surface area (Å²) in [6.07, 6.45) is 1.45. The molecule has 0 fully saturated rings. The molecule has 0 aliphatic carbocycles. The first-order valence-corrected chi connectivity index (χ1v) is 11.0. The zero-order chi connectivity index (χ0) is 23.4. The molecule has 0 unspecified atom stereocenters. The SMILES string of the molecule is COc1ccc(NS(=O)(=O)c2ccc(NN=Cc3ccc4c(c3)OCO4)c([N+](=O)[O-])c2)cc1. The Labute approximate surface area is 188 Å². The third-order valence-electron chi connectivity index (χ3n) is 4.61. The summed E-state index contributed by atoms with van der Waals surface area (Å²) in [5.74, 6) is 1.75. The van der Waals surface area contributed by atoms with Gasteiger partial charge in [0.25, 0.3) is 15.7 Å². The fourth-order valence-corrected chi connectivity index (χ4v) is 4.05. The molecule has 33 heavy (non-hydrogen) atoms. The molecule has 0 saturated heterocycles. The van der Waals surface area contributed by atoms with Gasteiger partial charge >= 0.3 is 0 Å². The summed E-state index contributed by atoms with van der Waals surface area (Å²) in [5.41, 5.74) is 3.12. The minimum Gasteiger partial charge on any atom is -0.497 e. The maximum Gasteiger partial charge on any atom is 0.295 e. The van der Waals surface area contributed by atoms with E-state index in [4.69, 9.17) is 14.2 Å². The van der Waals surface area contributed by atoms with E-state index < -0.39 is 20.6 Å². The average Bonchev–Trinajstić information content (AvgIpc) is 3.27. The summed E-state index contributed by atoms with van der Waals surface area (Å²) in [6, 6.07) is 14.9. The van der Waals surface area contributed by atoms with Gasteiger partial charge in [0.15, 0.2) is 11.5 Å². The number of ether oxygens (including phenoxy) is 3. The Morgan fingerprint density at radius 2 is 1.82 bits per heavy atom. The van der Waals surface area contributed by atoms with E-state index in [9.17, 15) is 18.5 Å². The Balaban J connectivity index is 1.52. The van der Waals surface area contributed by atoms with Crippen molar-refractivity contribution in [3.05, 3.63) is 76.3 Å². The quantitative estimate of drug-likeness (QED) is 0.289. The first kappa shape index (κ1) is 21.9. The first-order chi connectivity index (χ1) is 15.9. The zero-order valence-electron chi connectivity index (χ0n) is 17.2. The van der Waals surface area contributed by atoms with Gasteiger partial charge in [-0.25, -0.2) is 8.42 Å². The number of sulfonamides is 1. The molecule has 0 radical (unpaired) electrons. The topological polar surface area (TPSA) is 141 Å². The van der Waals surface area contributed by atoms with Crippen LogP contribution in [0.3, 0.4) is 0 Å². The molecule has 1 aliphatic rings. The number of nitrogens with one attached hydrogen (secondary N) is 2. The molecule has 0 atom stereocenters. The molecule has 170 valence electrons. The number of fused-ring (bicyclic) bond motifs is 1. The van der Waals surface area contributed by atoms with Crippen molar-refractivity contribution in [2.75, 3.05) is 24.1 Å². The lowest BCUT2D eigenvalue weighted by Crippen LogP contribution is -2.13. The molecule has 3 aromatic carbocycles. The minimum atomic E-state index is -4.06. The summed E-state index contributed by atoms with van der Waals surface area (Å²) in [7, 11) is -2.57. The van der Waals surface area contributed by atoms with Crippen LogP contribution in [0.2, 0.25) is 0 Å². The summed E-state index contributed by atoms with van der Waals surface area (Å²) in [5, 5.41) is 15.5. The van der Waals surface area contributed by atoms with Crippen molar-refractivity contribution in [2.45, 2.75) is 4.90 Å². The highest BCUT2D eigenvalue weighted by molar-refractivity contribution is 7.92. The van der Waals surface area contributed by atoms with Crippen molar-refractivity contribution >= 4 is 33.3 Å². The molecule has 0 aromatic heterocycles. The Morgan fingerprint density at radius 3 is 2.55 bits per heavy atom. The van der Waals surface area contributed by atoms with Crippen molar-refractivity contribution in [1.82, 2.24) is 0 Å². The lowest BCUT2D eigenvalue weighted by atomic mass is 10.2. The normalized spacial score (nSPS) is 12.5. The molecule has 0 bridgehead atoms. The lowest BCUT2D eigenvalue weighted by Gasteiger charge is -2.10. The van der Waals surface area contributed by atoms with Crippen molar-refractivity contribution in [3.63, 3.8) is 0 Å². The number of nitrogens with zero attached hydrogens (tertiary/aromatic N) is 2. The highest BCUT2D eigenvalue weighted by Gasteiger charge is 2.22. The van der Waals surface area contributed by atoms with Gasteiger partial charge in [-0.1, -0.05) is 0 Å². The second kappa shape index (κ2) is 9.04. The molecule has 11 nitrogen and oxygen atoms in total. The monoisotopic (exact) mass is 470 g/mol. The molecule has 2 N–H and O–H groups in total. The second-order valence-electron chi connectivity index (χ2n) is 6.75. The largest absolute Gasteiger partial charge is 0.497 e. The van der Waals surface area contributed by atoms with Crippen LogP contribution >= 0.6 is 0 Å². The number of hydrazone groups is 1. The van der Waals surface area contributed by atoms with Gasteiger partial charge in [-0.3, -0.25) is 20.3 Å². The van der Waals surface area contributed by atoms with Gasteiger partial charge in [0.05, 0.1) is 23.1 Å². The molecule has 0 spiro atoms. The Morgan fingerprint density at radius 1 is 1.06 bits per heavy atom. The maximum absolute atomic E-state index is 12.7. The van der Waals surface area contributed by atoms with Gasteiger partial charge in [-0.05, 0) is 60.2 Å². The molecule has 1 aliphatic heterocycles. The van der Waals surface area contributed by atoms with Gasteiger partial charge in [0.1, 0.15) is 11.4 Å². The summed E-state index contributed by atoms with van der Waals surface area (Å²) < 4.78 is 43.3. The van der Waals surface area contributed by atoms with Crippen LogP contribution < -0.4 is 24.4 Å². The highest BCUT2D eigenvalue weighted by atomic mass is 32.2. The van der Waals surface area contributed by atoms with Crippen LogP contribution in [0.1, 0.15) is 5.56 Å². The number of hydrogen-bond donors (Lipinski definition) is 2. The van der Waals surface area contributed by atoms with Gasteiger partial charge < -0.3 is 14.2 Å². The zero-order valence-corrected chi connectivity index (χ0v) is 18.0. The van der Waals surface area contributed by atoms with E-state index in [0.29, 0.717) is 22.8 Å². The van der Waals surface area contributed by atoms with E-state index in [2.05, 4.69) is 15.2 Å². The first-order valence-electron chi connectivity index (χ1n) is 9.50. The molecular weight excluding hydrogens is 452 g/mol. The van der Waals surface area contributed by atoms with Crippen LogP contribution in [0.5, 0.6) is 17.2 Å². The van der Waals surface area contributed by atoms with Crippen molar-refractivity contribution in [3.8, 4) is 17.2 Å². The number of hydrogen-bond acceptors (Lipinski definition) is 9.